The Bertz CT molecular complexity index is 770. The lowest BCUT2D eigenvalue weighted by Crippen LogP contribution is -2.34. The molecular weight excluding hydrogens is 318 g/mol. The molecule has 1 aliphatic heterocycles. The number of fused-ring (bicyclic) bond motifs is 1. The number of aryl methyl sites for hydroxylation is 1. The van der Waals surface area contributed by atoms with Crippen LogP contribution >= 0.6 is 0 Å². The average Bonchev–Trinajstić information content (AvgIpc) is 2.99. The number of benzene rings is 2. The normalized spacial score (nSPS) is 15.6. The van der Waals surface area contributed by atoms with Gasteiger partial charge in [-0.3, -0.25) is 9.59 Å². The highest BCUT2D eigenvalue weighted by molar-refractivity contribution is 5.97. The summed E-state index contributed by atoms with van der Waals surface area (Å²) in [6, 6.07) is 15.2. The molecule has 0 aromatic heterocycles. The monoisotopic (exact) mass is 339 g/mol. The van der Waals surface area contributed by atoms with E-state index in [-0.39, 0.29) is 30.8 Å². The van der Waals surface area contributed by atoms with Crippen LogP contribution in [0.3, 0.4) is 0 Å². The number of rotatable bonds is 5. The van der Waals surface area contributed by atoms with Gasteiger partial charge in [-0.15, -0.1) is 0 Å². The minimum absolute atomic E-state index is 0.0393. The summed E-state index contributed by atoms with van der Waals surface area (Å²) in [4.78, 5) is 26.0. The van der Waals surface area contributed by atoms with Crippen molar-refractivity contribution in [3.05, 3.63) is 59.7 Å². The molecule has 1 unspecified atom stereocenters. The molecule has 0 spiro atoms. The Kier molecular flexibility index (Phi) is 5.03. The van der Waals surface area contributed by atoms with Crippen LogP contribution in [0.15, 0.2) is 48.5 Å². The molecule has 2 aromatic carbocycles. The zero-order valence-corrected chi connectivity index (χ0v) is 14.4. The van der Waals surface area contributed by atoms with E-state index in [1.165, 1.54) is 7.11 Å². The summed E-state index contributed by atoms with van der Waals surface area (Å²) in [6.45, 7) is 2.42. The van der Waals surface area contributed by atoms with Crippen molar-refractivity contribution >= 4 is 17.6 Å². The number of anilines is 1. The molecule has 5 heteroatoms. The zero-order chi connectivity index (χ0) is 17.8. The summed E-state index contributed by atoms with van der Waals surface area (Å²) in [6.07, 6.45) is 0.260. The fourth-order valence-corrected chi connectivity index (χ4v) is 3.05. The Morgan fingerprint density at radius 1 is 1.12 bits per heavy atom. The molecule has 130 valence electrons. The molecule has 0 fully saturated rings. The SMILES string of the molecule is COC(=O)CC1CN(C(=O)COc2ccc(C)cc2)c2ccccc21. The molecule has 1 atom stereocenters. The molecule has 25 heavy (non-hydrogen) atoms. The van der Waals surface area contributed by atoms with Gasteiger partial charge in [0.15, 0.2) is 6.61 Å². The summed E-state index contributed by atoms with van der Waals surface area (Å²) >= 11 is 0. The molecule has 0 bridgehead atoms. The third-order valence-corrected chi connectivity index (χ3v) is 4.40. The number of esters is 1. The van der Waals surface area contributed by atoms with E-state index < -0.39 is 0 Å². The first-order chi connectivity index (χ1) is 12.1. The highest BCUT2D eigenvalue weighted by Crippen LogP contribution is 2.38. The second kappa shape index (κ2) is 7.38. The van der Waals surface area contributed by atoms with Crippen molar-refractivity contribution in [2.24, 2.45) is 0 Å². The maximum absolute atomic E-state index is 12.6. The molecular formula is C20H21NO4. The number of ether oxygens (including phenoxy) is 2. The van der Waals surface area contributed by atoms with Crippen molar-refractivity contribution in [2.75, 3.05) is 25.2 Å². The minimum atomic E-state index is -0.273. The van der Waals surface area contributed by atoms with Crippen molar-refractivity contribution in [3.8, 4) is 5.75 Å². The predicted octanol–water partition coefficient (Wildman–Crippen LogP) is 3.07. The number of carbonyl (C=O) groups is 2. The van der Waals surface area contributed by atoms with E-state index in [1.54, 1.807) is 4.90 Å². The minimum Gasteiger partial charge on any atom is -0.484 e. The first kappa shape index (κ1) is 17.0. The number of amides is 1. The summed E-state index contributed by atoms with van der Waals surface area (Å²) < 4.78 is 10.4. The Balaban J connectivity index is 1.70. The molecule has 3 rings (SSSR count). The van der Waals surface area contributed by atoms with Gasteiger partial charge in [-0.05, 0) is 30.7 Å². The smallest absolute Gasteiger partial charge is 0.306 e. The number of para-hydroxylation sites is 1. The van der Waals surface area contributed by atoms with Gasteiger partial charge in [0, 0.05) is 18.2 Å². The molecule has 0 aliphatic carbocycles. The van der Waals surface area contributed by atoms with Gasteiger partial charge in [0.2, 0.25) is 0 Å². The molecule has 0 saturated heterocycles. The second-order valence-electron chi connectivity index (χ2n) is 6.14. The van der Waals surface area contributed by atoms with Gasteiger partial charge in [-0.25, -0.2) is 0 Å². The van der Waals surface area contributed by atoms with Gasteiger partial charge in [0.05, 0.1) is 13.5 Å². The standard InChI is InChI=1S/C20H21NO4/c1-14-7-9-16(10-8-14)25-13-19(22)21-12-15(11-20(23)24-2)17-5-3-4-6-18(17)21/h3-10,15H,11-13H2,1-2H3. The first-order valence-electron chi connectivity index (χ1n) is 8.24. The van der Waals surface area contributed by atoms with E-state index >= 15 is 0 Å². The quantitative estimate of drug-likeness (QED) is 0.786. The van der Waals surface area contributed by atoms with Gasteiger partial charge in [0.25, 0.3) is 5.91 Å². The van der Waals surface area contributed by atoms with Gasteiger partial charge >= 0.3 is 5.97 Å². The van der Waals surface area contributed by atoms with Gasteiger partial charge < -0.3 is 14.4 Å². The fraction of sp³-hybridized carbons (Fsp3) is 0.300. The van der Waals surface area contributed by atoms with Crippen LogP contribution < -0.4 is 9.64 Å². The van der Waals surface area contributed by atoms with Crippen LogP contribution in [0.25, 0.3) is 0 Å². The molecule has 2 aromatic rings. The molecule has 5 nitrogen and oxygen atoms in total. The highest BCUT2D eigenvalue weighted by Gasteiger charge is 2.33. The average molecular weight is 339 g/mol. The number of methoxy groups -OCH3 is 1. The highest BCUT2D eigenvalue weighted by atomic mass is 16.5. The van der Waals surface area contributed by atoms with Crippen LogP contribution in [0.5, 0.6) is 5.75 Å². The number of nitrogens with zero attached hydrogens (tertiary/aromatic N) is 1. The molecule has 1 amide bonds. The Hall–Kier alpha value is -2.82. The molecule has 0 saturated carbocycles. The van der Waals surface area contributed by atoms with Crippen LogP contribution in [0.2, 0.25) is 0 Å². The van der Waals surface area contributed by atoms with Crippen molar-refractivity contribution in [2.45, 2.75) is 19.3 Å². The lowest BCUT2D eigenvalue weighted by molar-refractivity contribution is -0.141. The van der Waals surface area contributed by atoms with Gasteiger partial charge in [-0.2, -0.15) is 0 Å². The van der Waals surface area contributed by atoms with Gasteiger partial charge in [0.1, 0.15) is 5.75 Å². The molecule has 1 aliphatic rings. The number of hydrogen-bond acceptors (Lipinski definition) is 4. The van der Waals surface area contributed by atoms with E-state index in [1.807, 2.05) is 55.5 Å². The Morgan fingerprint density at radius 3 is 2.56 bits per heavy atom. The maximum Gasteiger partial charge on any atom is 0.306 e. The van der Waals surface area contributed by atoms with E-state index in [0.29, 0.717) is 12.3 Å². The van der Waals surface area contributed by atoms with E-state index in [4.69, 9.17) is 9.47 Å². The predicted molar refractivity (Wildman–Crippen MR) is 94.8 cm³/mol. The Morgan fingerprint density at radius 2 is 1.84 bits per heavy atom. The molecule has 0 N–H and O–H groups in total. The number of carbonyl (C=O) groups excluding carboxylic acids is 2. The van der Waals surface area contributed by atoms with Crippen LogP contribution in [0, 0.1) is 6.92 Å². The summed E-state index contributed by atoms with van der Waals surface area (Å²) in [5, 5.41) is 0. The summed E-state index contributed by atoms with van der Waals surface area (Å²) in [5.41, 5.74) is 2.98. The van der Waals surface area contributed by atoms with Crippen molar-refractivity contribution in [1.82, 2.24) is 0 Å². The summed E-state index contributed by atoms with van der Waals surface area (Å²) in [7, 11) is 1.38. The van der Waals surface area contributed by atoms with Gasteiger partial charge in [-0.1, -0.05) is 35.9 Å². The van der Waals surface area contributed by atoms with Crippen LogP contribution in [-0.2, 0) is 14.3 Å². The van der Waals surface area contributed by atoms with Crippen LogP contribution in [0.1, 0.15) is 23.5 Å². The van der Waals surface area contributed by atoms with Crippen LogP contribution in [-0.4, -0.2) is 32.1 Å². The largest absolute Gasteiger partial charge is 0.484 e. The van der Waals surface area contributed by atoms with E-state index in [9.17, 15) is 9.59 Å². The Labute approximate surface area is 147 Å². The second-order valence-corrected chi connectivity index (χ2v) is 6.14. The maximum atomic E-state index is 12.6. The first-order valence-corrected chi connectivity index (χ1v) is 8.24. The fourth-order valence-electron chi connectivity index (χ4n) is 3.05. The third-order valence-electron chi connectivity index (χ3n) is 4.40. The van der Waals surface area contributed by atoms with Crippen LogP contribution in [0.4, 0.5) is 5.69 Å². The molecule has 0 radical (unpaired) electrons. The van der Waals surface area contributed by atoms with E-state index in [2.05, 4.69) is 0 Å². The van der Waals surface area contributed by atoms with Crippen molar-refractivity contribution in [3.63, 3.8) is 0 Å². The topological polar surface area (TPSA) is 55.8 Å². The number of hydrogen-bond donors (Lipinski definition) is 0. The van der Waals surface area contributed by atoms with Crippen molar-refractivity contribution in [1.29, 1.82) is 0 Å². The van der Waals surface area contributed by atoms with E-state index in [0.717, 1.165) is 16.8 Å². The summed E-state index contributed by atoms with van der Waals surface area (Å²) in [5.74, 6) is 0.218. The lowest BCUT2D eigenvalue weighted by atomic mass is 9.98. The third kappa shape index (κ3) is 3.82. The zero-order valence-electron chi connectivity index (χ0n) is 14.4. The lowest BCUT2D eigenvalue weighted by Gasteiger charge is -2.18. The molecule has 1 heterocycles. The van der Waals surface area contributed by atoms with Crippen molar-refractivity contribution < 1.29 is 19.1 Å².